The summed E-state index contributed by atoms with van der Waals surface area (Å²) in [5.74, 6) is -0.862. The van der Waals surface area contributed by atoms with Gasteiger partial charge in [-0.25, -0.2) is 0 Å². The minimum absolute atomic E-state index is 0.0643. The highest BCUT2D eigenvalue weighted by atomic mass is 19.4. The van der Waals surface area contributed by atoms with Crippen molar-refractivity contribution in [2.24, 2.45) is 0 Å². The molecule has 3 nitrogen and oxygen atoms in total. The van der Waals surface area contributed by atoms with Gasteiger partial charge < -0.3 is 9.67 Å². The van der Waals surface area contributed by atoms with Gasteiger partial charge in [-0.15, -0.1) is 0 Å². The number of rotatable bonds is 7. The van der Waals surface area contributed by atoms with E-state index in [0.29, 0.717) is 0 Å². The fourth-order valence-electron chi connectivity index (χ4n) is 6.36. The van der Waals surface area contributed by atoms with Gasteiger partial charge in [0.25, 0.3) is 0 Å². The molecule has 3 aromatic rings. The van der Waals surface area contributed by atoms with Crippen LogP contribution < -0.4 is 0 Å². The van der Waals surface area contributed by atoms with E-state index >= 15 is 0 Å². The Kier molecular flexibility index (Phi) is 6.96. The summed E-state index contributed by atoms with van der Waals surface area (Å²) < 4.78 is 42.4. The second-order valence-corrected chi connectivity index (χ2v) is 10.2. The number of benzene rings is 2. The molecule has 36 heavy (non-hydrogen) atoms. The van der Waals surface area contributed by atoms with Gasteiger partial charge >= 0.3 is 12.1 Å². The van der Waals surface area contributed by atoms with Crippen molar-refractivity contribution in [2.75, 3.05) is 0 Å². The Bertz CT molecular complexity index is 1210. The summed E-state index contributed by atoms with van der Waals surface area (Å²) >= 11 is 0. The molecule has 1 heterocycles. The maximum Gasteiger partial charge on any atom is 0.416 e. The molecule has 2 aliphatic carbocycles. The summed E-state index contributed by atoms with van der Waals surface area (Å²) in [7, 11) is 0. The minimum Gasteiger partial charge on any atom is -0.481 e. The number of carbonyl (C=O) groups is 1. The van der Waals surface area contributed by atoms with Gasteiger partial charge in [-0.1, -0.05) is 42.5 Å². The topological polar surface area (TPSA) is 42.2 Å². The largest absolute Gasteiger partial charge is 0.481 e. The van der Waals surface area contributed by atoms with Crippen LogP contribution in [0.25, 0.3) is 0 Å². The van der Waals surface area contributed by atoms with Crippen LogP contribution in [0.15, 0.2) is 54.6 Å². The van der Waals surface area contributed by atoms with Crippen molar-refractivity contribution >= 4 is 5.97 Å². The molecule has 6 heteroatoms. The zero-order valence-corrected chi connectivity index (χ0v) is 20.4. The summed E-state index contributed by atoms with van der Waals surface area (Å²) in [4.78, 5) is 11.8. The summed E-state index contributed by atoms with van der Waals surface area (Å²) in [6.45, 7) is 0. The molecule has 5 rings (SSSR count). The highest BCUT2D eigenvalue weighted by molar-refractivity contribution is 5.68. The number of nitrogens with zero attached hydrogens (tertiary/aromatic N) is 1. The van der Waals surface area contributed by atoms with E-state index in [-0.39, 0.29) is 18.4 Å². The Morgan fingerprint density at radius 1 is 0.944 bits per heavy atom. The molecule has 0 amide bonds. The lowest BCUT2D eigenvalue weighted by atomic mass is 9.82. The fourth-order valence-corrected chi connectivity index (χ4v) is 6.36. The zero-order valence-electron chi connectivity index (χ0n) is 20.4. The van der Waals surface area contributed by atoms with Crippen LogP contribution in [-0.2, 0) is 36.7 Å². The summed E-state index contributed by atoms with van der Waals surface area (Å²) in [5, 5.41) is 9.68. The first kappa shape index (κ1) is 24.7. The molecule has 1 N–H and O–H groups in total. The van der Waals surface area contributed by atoms with Crippen LogP contribution in [0.1, 0.15) is 89.7 Å². The highest BCUT2D eigenvalue weighted by Crippen LogP contribution is 2.45. The third-order valence-electron chi connectivity index (χ3n) is 7.93. The van der Waals surface area contributed by atoms with E-state index in [9.17, 15) is 23.1 Å². The summed E-state index contributed by atoms with van der Waals surface area (Å²) in [5.41, 5.74) is 6.50. The number of hydrogen-bond acceptors (Lipinski definition) is 1. The van der Waals surface area contributed by atoms with E-state index in [1.807, 2.05) is 18.2 Å². The quantitative estimate of drug-likeness (QED) is 0.369. The van der Waals surface area contributed by atoms with Crippen molar-refractivity contribution < 1.29 is 23.1 Å². The standard InChI is InChI=1S/C30H32F3NO2/c31-30(32,33)23-16-14-21(15-17-23)26(18-13-20-7-2-1-3-8-20)34-27-12-5-4-10-24(27)25-11-6-9-22(29(25)34)19-28(35)36/h1-3,7-8,14-17,22,26H,4-6,9-13,18-19H2,(H,35,36). The van der Waals surface area contributed by atoms with Crippen LogP contribution in [0.4, 0.5) is 13.2 Å². The van der Waals surface area contributed by atoms with Crippen LogP contribution >= 0.6 is 0 Å². The van der Waals surface area contributed by atoms with Crippen molar-refractivity contribution in [1.82, 2.24) is 4.57 Å². The van der Waals surface area contributed by atoms with Gasteiger partial charge in [0.05, 0.1) is 18.0 Å². The maximum absolute atomic E-state index is 13.3. The Morgan fingerprint density at radius 2 is 1.64 bits per heavy atom. The van der Waals surface area contributed by atoms with Crippen molar-refractivity contribution in [3.05, 3.63) is 93.8 Å². The molecule has 0 radical (unpaired) electrons. The second kappa shape index (κ2) is 10.2. The molecular formula is C30H32F3NO2. The Hall–Kier alpha value is -3.02. The Morgan fingerprint density at radius 3 is 2.33 bits per heavy atom. The Balaban J connectivity index is 1.63. The number of aromatic nitrogens is 1. The van der Waals surface area contributed by atoms with Gasteiger partial charge in [-0.2, -0.15) is 13.2 Å². The molecule has 0 spiro atoms. The number of carboxylic acid groups (broad SMARTS) is 1. The van der Waals surface area contributed by atoms with Crippen molar-refractivity contribution in [2.45, 2.75) is 82.3 Å². The minimum atomic E-state index is -4.38. The SMILES string of the molecule is O=C(O)CC1CCCc2c3c(n(C(CCc4ccccc4)c4ccc(C(F)(F)F)cc4)c21)CCCC3. The van der Waals surface area contributed by atoms with Crippen LogP contribution in [0, 0.1) is 0 Å². The van der Waals surface area contributed by atoms with Gasteiger partial charge in [-0.05, 0) is 92.2 Å². The number of aryl methyl sites for hydroxylation is 1. The van der Waals surface area contributed by atoms with Crippen LogP contribution in [0.5, 0.6) is 0 Å². The summed E-state index contributed by atoms with van der Waals surface area (Å²) in [6, 6.07) is 15.6. The van der Waals surface area contributed by atoms with Crippen molar-refractivity contribution in [3.8, 4) is 0 Å². The zero-order chi connectivity index (χ0) is 25.3. The number of aliphatic carboxylic acids is 1. The van der Waals surface area contributed by atoms with Gasteiger partial charge in [0.1, 0.15) is 0 Å². The van der Waals surface area contributed by atoms with Gasteiger partial charge in [0, 0.05) is 17.3 Å². The molecule has 1 aromatic heterocycles. The smallest absolute Gasteiger partial charge is 0.416 e. The molecule has 2 aromatic carbocycles. The number of alkyl halides is 3. The van der Waals surface area contributed by atoms with E-state index in [4.69, 9.17) is 0 Å². The van der Waals surface area contributed by atoms with E-state index in [0.717, 1.165) is 69.0 Å². The molecular weight excluding hydrogens is 463 g/mol. The third-order valence-corrected chi connectivity index (χ3v) is 7.93. The lowest BCUT2D eigenvalue weighted by Gasteiger charge is -2.31. The third kappa shape index (κ3) is 4.95. The van der Waals surface area contributed by atoms with E-state index in [2.05, 4.69) is 16.7 Å². The van der Waals surface area contributed by atoms with Crippen molar-refractivity contribution in [3.63, 3.8) is 0 Å². The molecule has 190 valence electrons. The lowest BCUT2D eigenvalue weighted by molar-refractivity contribution is -0.138. The first-order valence-electron chi connectivity index (χ1n) is 13.0. The van der Waals surface area contributed by atoms with Gasteiger partial charge in [0.2, 0.25) is 0 Å². The van der Waals surface area contributed by atoms with Crippen LogP contribution in [0.3, 0.4) is 0 Å². The molecule has 2 unspecified atom stereocenters. The first-order chi connectivity index (χ1) is 17.3. The molecule has 0 bridgehead atoms. The predicted molar refractivity (Wildman–Crippen MR) is 133 cm³/mol. The number of hydrogen-bond donors (Lipinski definition) is 1. The van der Waals surface area contributed by atoms with Gasteiger partial charge in [-0.3, -0.25) is 4.79 Å². The maximum atomic E-state index is 13.3. The van der Waals surface area contributed by atoms with E-state index in [1.165, 1.54) is 34.5 Å². The number of halogens is 3. The predicted octanol–water partition coefficient (Wildman–Crippen LogP) is 7.50. The van der Waals surface area contributed by atoms with Gasteiger partial charge in [0.15, 0.2) is 0 Å². The average Bonchev–Trinajstić information content (AvgIpc) is 3.20. The Labute approximate surface area is 210 Å². The summed E-state index contributed by atoms with van der Waals surface area (Å²) in [6.07, 6.45) is 4.16. The molecule has 0 aliphatic heterocycles. The average molecular weight is 496 g/mol. The van der Waals surface area contributed by atoms with E-state index < -0.39 is 17.7 Å². The first-order valence-corrected chi connectivity index (χ1v) is 13.0. The molecule has 2 atom stereocenters. The van der Waals surface area contributed by atoms with Crippen LogP contribution in [-0.4, -0.2) is 15.6 Å². The fraction of sp³-hybridized carbons (Fsp3) is 0.433. The molecule has 2 aliphatic rings. The van der Waals surface area contributed by atoms with Crippen LogP contribution in [0.2, 0.25) is 0 Å². The lowest BCUT2D eigenvalue weighted by Crippen LogP contribution is -2.23. The van der Waals surface area contributed by atoms with E-state index in [1.54, 1.807) is 12.1 Å². The molecule has 0 saturated heterocycles. The monoisotopic (exact) mass is 495 g/mol. The normalized spacial score (nSPS) is 18.4. The van der Waals surface area contributed by atoms with Crippen molar-refractivity contribution in [1.29, 1.82) is 0 Å². The molecule has 0 saturated carbocycles. The number of fused-ring (bicyclic) bond motifs is 3. The molecule has 0 fully saturated rings. The second-order valence-electron chi connectivity index (χ2n) is 10.2. The highest BCUT2D eigenvalue weighted by Gasteiger charge is 2.36. The number of carboxylic acids is 1.